The van der Waals surface area contributed by atoms with E-state index in [0.29, 0.717) is 0 Å². The molecular weight excluding hydrogens is 238 g/mol. The predicted molar refractivity (Wildman–Crippen MR) is 46.2 cm³/mol. The van der Waals surface area contributed by atoms with Crippen molar-refractivity contribution in [1.29, 1.82) is 0 Å². The molecule has 1 heterocycles. The molecule has 5 nitrogen and oxygen atoms in total. The Labute approximate surface area is 79.1 Å². The van der Waals surface area contributed by atoms with Gasteiger partial charge in [0.15, 0.2) is 0 Å². The van der Waals surface area contributed by atoms with Gasteiger partial charge in [0.1, 0.15) is 4.90 Å². The highest BCUT2D eigenvalue weighted by atomic mass is 35.8. The Morgan fingerprint density at radius 1 is 1.23 bits per heavy atom. The van der Waals surface area contributed by atoms with E-state index >= 15 is 0 Å². The van der Waals surface area contributed by atoms with Gasteiger partial charge < -0.3 is 0 Å². The third-order valence-electron chi connectivity index (χ3n) is 1.19. The summed E-state index contributed by atoms with van der Waals surface area (Å²) in [5.74, 6) is 0. The van der Waals surface area contributed by atoms with Crippen molar-refractivity contribution in [1.82, 2.24) is 4.98 Å². The summed E-state index contributed by atoms with van der Waals surface area (Å²) in [5, 5.41) is 0. The molecule has 0 radical (unpaired) electrons. The van der Waals surface area contributed by atoms with Gasteiger partial charge in [-0.3, -0.25) is 4.98 Å². The number of aromatic nitrogens is 1. The maximum absolute atomic E-state index is 11.1. The molecule has 13 heavy (non-hydrogen) atoms. The van der Waals surface area contributed by atoms with Crippen molar-refractivity contribution in [2.24, 2.45) is 0 Å². The summed E-state index contributed by atoms with van der Waals surface area (Å²) < 4.78 is 43.4. The summed E-state index contributed by atoms with van der Waals surface area (Å²) in [6.45, 7) is 0. The molecule has 0 fully saturated rings. The average Bonchev–Trinajstić information content (AvgIpc) is 2.04. The van der Waals surface area contributed by atoms with Crippen molar-refractivity contribution in [2.45, 2.75) is 4.90 Å². The minimum Gasteiger partial charge on any atom is -0.263 e. The zero-order valence-corrected chi connectivity index (χ0v) is 8.47. The predicted octanol–water partition coefficient (Wildman–Crippen LogP) is 0.339. The molecular formula is C5H4ClNO4S2. The highest BCUT2D eigenvalue weighted by molar-refractivity contribution is 8.75. The standard InChI is InChI=1S/C5H4ClNO4S2/c6-13(10,11)12(8,9)5-2-1-3-7-4-5/h1-4H. The Morgan fingerprint density at radius 2 is 1.85 bits per heavy atom. The van der Waals surface area contributed by atoms with Gasteiger partial charge in [-0.05, 0) is 12.1 Å². The first-order chi connectivity index (χ1) is 5.86. The van der Waals surface area contributed by atoms with E-state index in [1.165, 1.54) is 12.3 Å². The van der Waals surface area contributed by atoms with E-state index in [4.69, 9.17) is 10.7 Å². The largest absolute Gasteiger partial charge is 0.342 e. The zero-order valence-electron chi connectivity index (χ0n) is 6.08. The first-order valence-electron chi connectivity index (χ1n) is 2.95. The van der Waals surface area contributed by atoms with Gasteiger partial charge in [0.2, 0.25) is 0 Å². The van der Waals surface area contributed by atoms with E-state index in [9.17, 15) is 16.8 Å². The Morgan fingerprint density at radius 3 is 2.23 bits per heavy atom. The smallest absolute Gasteiger partial charge is 0.263 e. The lowest BCUT2D eigenvalue weighted by atomic mass is 10.5. The average molecular weight is 242 g/mol. The van der Waals surface area contributed by atoms with Gasteiger partial charge in [0.05, 0.1) is 0 Å². The van der Waals surface area contributed by atoms with Crippen LogP contribution in [0.15, 0.2) is 29.4 Å². The molecule has 0 aromatic carbocycles. The van der Waals surface area contributed by atoms with Gasteiger partial charge in [-0.2, -0.15) is 8.42 Å². The summed E-state index contributed by atoms with van der Waals surface area (Å²) >= 11 is 0. The summed E-state index contributed by atoms with van der Waals surface area (Å²) in [7, 11) is -4.44. The monoisotopic (exact) mass is 241 g/mol. The highest BCUT2D eigenvalue weighted by Gasteiger charge is 2.29. The molecule has 0 atom stereocenters. The van der Waals surface area contributed by atoms with Crippen LogP contribution in [-0.4, -0.2) is 21.8 Å². The van der Waals surface area contributed by atoms with E-state index in [-0.39, 0.29) is 0 Å². The van der Waals surface area contributed by atoms with Crippen LogP contribution in [0.3, 0.4) is 0 Å². The van der Waals surface area contributed by atoms with E-state index in [1.54, 1.807) is 0 Å². The molecule has 0 N–H and O–H groups in total. The molecule has 8 heteroatoms. The van der Waals surface area contributed by atoms with Crippen molar-refractivity contribution in [3.05, 3.63) is 24.5 Å². The lowest BCUT2D eigenvalue weighted by molar-refractivity contribution is 0.589. The van der Waals surface area contributed by atoms with Crippen LogP contribution in [0.5, 0.6) is 0 Å². The van der Waals surface area contributed by atoms with Gasteiger partial charge in [0.25, 0.3) is 8.87 Å². The second-order valence-electron chi connectivity index (χ2n) is 2.04. The fourth-order valence-corrected chi connectivity index (χ4v) is 2.92. The van der Waals surface area contributed by atoms with Gasteiger partial charge in [-0.25, -0.2) is 8.42 Å². The molecule has 0 saturated carbocycles. The molecule has 0 aliphatic heterocycles. The highest BCUT2D eigenvalue weighted by Crippen LogP contribution is 2.18. The SMILES string of the molecule is O=S(=O)(Cl)S(=O)(=O)c1cccnc1. The second kappa shape index (κ2) is 3.24. The van der Waals surface area contributed by atoms with Gasteiger partial charge >= 0.3 is 8.08 Å². The molecule has 0 unspecified atom stereocenters. The lowest BCUT2D eigenvalue weighted by Gasteiger charge is -1.97. The number of halogens is 1. The van der Waals surface area contributed by atoms with Crippen molar-refractivity contribution < 1.29 is 16.8 Å². The normalized spacial score (nSPS) is 12.7. The van der Waals surface area contributed by atoms with E-state index in [0.717, 1.165) is 12.3 Å². The van der Waals surface area contributed by atoms with Crippen LogP contribution in [0.4, 0.5) is 0 Å². The third-order valence-corrected chi connectivity index (χ3v) is 6.17. The maximum atomic E-state index is 11.1. The first-order valence-corrected chi connectivity index (χ1v) is 7.26. The Kier molecular flexibility index (Phi) is 2.60. The van der Waals surface area contributed by atoms with Crippen molar-refractivity contribution in [3.8, 4) is 0 Å². The minimum atomic E-state index is -4.65. The van der Waals surface area contributed by atoms with Crippen LogP contribution in [0.25, 0.3) is 0 Å². The van der Waals surface area contributed by atoms with Crippen LogP contribution < -0.4 is 0 Å². The Balaban J connectivity index is 3.43. The molecule has 0 aliphatic rings. The van der Waals surface area contributed by atoms with Crippen LogP contribution in [-0.2, 0) is 17.0 Å². The number of hydrogen-bond donors (Lipinski definition) is 0. The molecule has 72 valence electrons. The molecule has 0 saturated heterocycles. The lowest BCUT2D eigenvalue weighted by Crippen LogP contribution is -2.09. The molecule has 0 bridgehead atoms. The maximum Gasteiger partial charge on any atom is 0.342 e. The molecule has 0 amide bonds. The van der Waals surface area contributed by atoms with Gasteiger partial charge in [-0.15, -0.1) is 0 Å². The summed E-state index contributed by atoms with van der Waals surface area (Å²) in [6.07, 6.45) is 2.23. The van der Waals surface area contributed by atoms with E-state index in [2.05, 4.69) is 4.98 Å². The molecule has 1 aromatic heterocycles. The summed E-state index contributed by atoms with van der Waals surface area (Å²) in [6, 6.07) is 2.40. The molecule has 1 aromatic rings. The molecule has 0 aliphatic carbocycles. The van der Waals surface area contributed by atoms with Crippen LogP contribution in [0.2, 0.25) is 0 Å². The minimum absolute atomic E-state index is 0.440. The quantitative estimate of drug-likeness (QED) is 0.551. The summed E-state index contributed by atoms with van der Waals surface area (Å²) in [5.41, 5.74) is 0. The number of hydrogen-bond acceptors (Lipinski definition) is 5. The fraction of sp³-hybridized carbons (Fsp3) is 0. The fourth-order valence-electron chi connectivity index (χ4n) is 0.610. The van der Waals surface area contributed by atoms with Crippen LogP contribution in [0.1, 0.15) is 0 Å². The molecule has 1 rings (SSSR count). The van der Waals surface area contributed by atoms with Gasteiger partial charge in [-0.1, -0.05) is 0 Å². The summed E-state index contributed by atoms with van der Waals surface area (Å²) in [4.78, 5) is 3.02. The Hall–Kier alpha value is -0.660. The van der Waals surface area contributed by atoms with Crippen molar-refractivity contribution >= 4 is 27.6 Å². The number of rotatable bonds is 2. The topological polar surface area (TPSA) is 81.2 Å². The van der Waals surface area contributed by atoms with Crippen LogP contribution in [0, 0.1) is 0 Å². The number of pyridine rings is 1. The molecule has 0 spiro atoms. The Bertz CT molecular complexity index is 493. The first kappa shape index (κ1) is 10.4. The van der Waals surface area contributed by atoms with E-state index in [1.807, 2.05) is 0 Å². The zero-order chi connectivity index (χ0) is 10.1. The van der Waals surface area contributed by atoms with E-state index < -0.39 is 21.8 Å². The van der Waals surface area contributed by atoms with Crippen molar-refractivity contribution in [3.63, 3.8) is 0 Å². The van der Waals surface area contributed by atoms with Crippen molar-refractivity contribution in [2.75, 3.05) is 0 Å². The van der Waals surface area contributed by atoms with Gasteiger partial charge in [0, 0.05) is 23.1 Å². The number of nitrogens with zero attached hydrogens (tertiary/aromatic N) is 1. The second-order valence-corrected chi connectivity index (χ2v) is 8.60. The van der Waals surface area contributed by atoms with Crippen LogP contribution >= 0.6 is 10.7 Å². The third kappa shape index (κ3) is 1.98.